The van der Waals surface area contributed by atoms with E-state index >= 15 is 0 Å². The zero-order valence-electron chi connectivity index (χ0n) is 10.7. The fourth-order valence-electron chi connectivity index (χ4n) is 1.50. The summed E-state index contributed by atoms with van der Waals surface area (Å²) in [6.45, 7) is 6.31. The van der Waals surface area contributed by atoms with E-state index in [4.69, 9.17) is 4.74 Å². The first-order chi connectivity index (χ1) is 7.49. The van der Waals surface area contributed by atoms with Gasteiger partial charge in [-0.1, -0.05) is 32.9 Å². The molecule has 0 heterocycles. The van der Waals surface area contributed by atoms with Gasteiger partial charge in [-0.05, 0) is 36.0 Å². The Morgan fingerprint density at radius 3 is 2.25 bits per heavy atom. The van der Waals surface area contributed by atoms with E-state index in [-0.39, 0.29) is 11.5 Å². The van der Waals surface area contributed by atoms with E-state index in [2.05, 4.69) is 20.8 Å². The van der Waals surface area contributed by atoms with Gasteiger partial charge in [0.1, 0.15) is 5.75 Å². The van der Waals surface area contributed by atoms with Gasteiger partial charge in [0.2, 0.25) is 0 Å². The quantitative estimate of drug-likeness (QED) is 0.829. The zero-order valence-corrected chi connectivity index (χ0v) is 10.7. The van der Waals surface area contributed by atoms with Gasteiger partial charge in [-0.2, -0.15) is 0 Å². The Bertz CT molecular complexity index is 314. The predicted molar refractivity (Wildman–Crippen MR) is 66.8 cm³/mol. The van der Waals surface area contributed by atoms with Crippen LogP contribution >= 0.6 is 0 Å². The predicted octanol–water partition coefficient (Wildman–Crippen LogP) is 3.03. The van der Waals surface area contributed by atoms with Gasteiger partial charge < -0.3 is 9.84 Å². The molecule has 0 saturated heterocycles. The van der Waals surface area contributed by atoms with E-state index in [1.54, 1.807) is 7.11 Å². The molecule has 1 rings (SSSR count). The van der Waals surface area contributed by atoms with E-state index in [1.807, 2.05) is 24.3 Å². The molecule has 90 valence electrons. The third-order valence-electron chi connectivity index (χ3n) is 3.40. The minimum Gasteiger partial charge on any atom is -0.497 e. The highest BCUT2D eigenvalue weighted by Crippen LogP contribution is 2.27. The van der Waals surface area contributed by atoms with Gasteiger partial charge in [-0.3, -0.25) is 0 Å². The van der Waals surface area contributed by atoms with Crippen molar-refractivity contribution in [2.45, 2.75) is 39.7 Å². The van der Waals surface area contributed by atoms with Crippen LogP contribution in [0.3, 0.4) is 0 Å². The maximum absolute atomic E-state index is 10.1. The summed E-state index contributed by atoms with van der Waals surface area (Å²) in [7, 11) is 1.66. The normalized spacial score (nSPS) is 13.6. The van der Waals surface area contributed by atoms with Crippen LogP contribution in [-0.4, -0.2) is 18.3 Å². The molecule has 0 fully saturated rings. The summed E-state index contributed by atoms with van der Waals surface area (Å²) < 4.78 is 5.10. The first-order valence-corrected chi connectivity index (χ1v) is 5.80. The molecule has 0 amide bonds. The molecule has 0 bridgehead atoms. The van der Waals surface area contributed by atoms with Crippen molar-refractivity contribution < 1.29 is 9.84 Å². The molecular formula is C14H22O2. The largest absolute Gasteiger partial charge is 0.497 e. The summed E-state index contributed by atoms with van der Waals surface area (Å²) in [5, 5.41) is 10.1. The lowest BCUT2D eigenvalue weighted by atomic mass is 9.81. The molecule has 16 heavy (non-hydrogen) atoms. The maximum Gasteiger partial charge on any atom is 0.118 e. The van der Waals surface area contributed by atoms with Crippen LogP contribution in [0.5, 0.6) is 5.75 Å². The summed E-state index contributed by atoms with van der Waals surface area (Å²) in [5.41, 5.74) is 1.12. The molecule has 0 aliphatic carbocycles. The van der Waals surface area contributed by atoms with Crippen LogP contribution in [0.15, 0.2) is 24.3 Å². The van der Waals surface area contributed by atoms with Crippen LogP contribution in [-0.2, 0) is 6.42 Å². The van der Waals surface area contributed by atoms with E-state index in [1.165, 1.54) is 0 Å². The molecule has 1 N–H and O–H groups in total. The summed E-state index contributed by atoms with van der Waals surface area (Å²) in [6, 6.07) is 7.88. The molecule has 0 aromatic heterocycles. The highest BCUT2D eigenvalue weighted by Gasteiger charge is 2.25. The van der Waals surface area contributed by atoms with Crippen LogP contribution in [0.4, 0.5) is 0 Å². The smallest absolute Gasteiger partial charge is 0.118 e. The number of ether oxygens (including phenoxy) is 1. The van der Waals surface area contributed by atoms with Crippen molar-refractivity contribution in [3.8, 4) is 5.75 Å². The van der Waals surface area contributed by atoms with Crippen molar-refractivity contribution in [2.24, 2.45) is 5.41 Å². The molecule has 1 aromatic carbocycles. The molecule has 0 saturated carbocycles. The van der Waals surface area contributed by atoms with E-state index in [0.29, 0.717) is 6.42 Å². The average Bonchev–Trinajstić information content (AvgIpc) is 2.30. The third kappa shape index (κ3) is 3.24. The van der Waals surface area contributed by atoms with Crippen molar-refractivity contribution in [3.63, 3.8) is 0 Å². The summed E-state index contributed by atoms with van der Waals surface area (Å²) in [5.74, 6) is 0.855. The first kappa shape index (κ1) is 13.0. The van der Waals surface area contributed by atoms with E-state index in [9.17, 15) is 5.11 Å². The first-order valence-electron chi connectivity index (χ1n) is 5.80. The zero-order chi connectivity index (χ0) is 12.2. The van der Waals surface area contributed by atoms with Gasteiger partial charge in [-0.25, -0.2) is 0 Å². The lowest BCUT2D eigenvalue weighted by Crippen LogP contribution is -2.30. The van der Waals surface area contributed by atoms with E-state index in [0.717, 1.165) is 17.7 Å². The topological polar surface area (TPSA) is 29.5 Å². The molecule has 1 unspecified atom stereocenters. The van der Waals surface area contributed by atoms with Crippen LogP contribution in [0.2, 0.25) is 0 Å². The fraction of sp³-hybridized carbons (Fsp3) is 0.571. The summed E-state index contributed by atoms with van der Waals surface area (Å²) in [4.78, 5) is 0. The molecule has 1 atom stereocenters. The summed E-state index contributed by atoms with van der Waals surface area (Å²) in [6.07, 6.45) is 1.38. The second-order valence-electron chi connectivity index (χ2n) is 4.91. The molecular weight excluding hydrogens is 200 g/mol. The second kappa shape index (κ2) is 5.35. The summed E-state index contributed by atoms with van der Waals surface area (Å²) >= 11 is 0. The Balaban J connectivity index is 2.66. The van der Waals surface area contributed by atoms with Crippen LogP contribution in [0, 0.1) is 5.41 Å². The number of hydrogen-bond acceptors (Lipinski definition) is 2. The van der Waals surface area contributed by atoms with Gasteiger partial charge in [-0.15, -0.1) is 0 Å². The lowest BCUT2D eigenvalue weighted by molar-refractivity contribution is 0.0479. The van der Waals surface area contributed by atoms with Crippen molar-refractivity contribution in [3.05, 3.63) is 29.8 Å². The minimum atomic E-state index is -0.300. The Hall–Kier alpha value is -1.02. The van der Waals surface area contributed by atoms with Gasteiger partial charge in [0.05, 0.1) is 13.2 Å². The van der Waals surface area contributed by atoms with Crippen molar-refractivity contribution in [1.82, 2.24) is 0 Å². The van der Waals surface area contributed by atoms with Crippen molar-refractivity contribution >= 4 is 0 Å². The number of hydrogen-bond donors (Lipinski definition) is 1. The molecule has 0 spiro atoms. The maximum atomic E-state index is 10.1. The molecule has 0 aliphatic heterocycles. The SMILES string of the molecule is CCC(C)(C)C(O)Cc1ccc(OC)cc1. The van der Waals surface area contributed by atoms with Crippen molar-refractivity contribution in [1.29, 1.82) is 0 Å². The van der Waals surface area contributed by atoms with Crippen LogP contribution in [0.25, 0.3) is 0 Å². The van der Waals surface area contributed by atoms with Crippen LogP contribution < -0.4 is 4.74 Å². The number of methoxy groups -OCH3 is 1. The lowest BCUT2D eigenvalue weighted by Gasteiger charge is -2.29. The van der Waals surface area contributed by atoms with Gasteiger partial charge in [0.25, 0.3) is 0 Å². The van der Waals surface area contributed by atoms with Gasteiger partial charge in [0.15, 0.2) is 0 Å². The molecule has 1 aromatic rings. The molecule has 0 aliphatic rings. The Morgan fingerprint density at radius 1 is 1.25 bits per heavy atom. The Morgan fingerprint density at radius 2 is 1.81 bits per heavy atom. The van der Waals surface area contributed by atoms with Gasteiger partial charge in [0, 0.05) is 0 Å². The minimum absolute atomic E-state index is 0.0278. The standard InChI is InChI=1S/C14H22O2/c1-5-14(2,3)13(15)10-11-6-8-12(16-4)9-7-11/h6-9,13,15H,5,10H2,1-4H3. The highest BCUT2D eigenvalue weighted by molar-refractivity contribution is 5.27. The number of rotatable bonds is 5. The van der Waals surface area contributed by atoms with Gasteiger partial charge >= 0.3 is 0 Å². The molecule has 0 radical (unpaired) electrons. The van der Waals surface area contributed by atoms with Crippen molar-refractivity contribution in [2.75, 3.05) is 7.11 Å². The van der Waals surface area contributed by atoms with Crippen LogP contribution in [0.1, 0.15) is 32.8 Å². The van der Waals surface area contributed by atoms with E-state index < -0.39 is 0 Å². The monoisotopic (exact) mass is 222 g/mol. The third-order valence-corrected chi connectivity index (χ3v) is 3.40. The molecule has 2 heteroatoms. The number of aliphatic hydroxyl groups excluding tert-OH is 1. The molecule has 2 nitrogen and oxygen atoms in total. The Labute approximate surface area is 98.3 Å². The highest BCUT2D eigenvalue weighted by atomic mass is 16.5. The fourth-order valence-corrected chi connectivity index (χ4v) is 1.50. The number of benzene rings is 1. The average molecular weight is 222 g/mol. The Kier molecular flexibility index (Phi) is 4.36. The second-order valence-corrected chi connectivity index (χ2v) is 4.91. The number of aliphatic hydroxyl groups is 1.